The van der Waals surface area contributed by atoms with Crippen LogP contribution in [0.2, 0.25) is 4.34 Å². The van der Waals surface area contributed by atoms with Gasteiger partial charge in [-0.3, -0.25) is 19.0 Å². The number of amides is 1. The number of aryl methyl sites for hydroxylation is 1. The van der Waals surface area contributed by atoms with E-state index in [1.807, 2.05) is 18.2 Å². The summed E-state index contributed by atoms with van der Waals surface area (Å²) in [5, 5.41) is 0.585. The Labute approximate surface area is 188 Å². The van der Waals surface area contributed by atoms with Crippen molar-refractivity contribution in [2.24, 2.45) is 0 Å². The molecule has 7 nitrogen and oxygen atoms in total. The van der Waals surface area contributed by atoms with Gasteiger partial charge in [0.25, 0.3) is 11.5 Å². The minimum absolute atomic E-state index is 0.0506. The molecule has 0 spiro atoms. The maximum atomic E-state index is 12.9. The van der Waals surface area contributed by atoms with E-state index in [4.69, 9.17) is 16.3 Å². The normalized spacial score (nSPS) is 13.4. The fourth-order valence-electron chi connectivity index (χ4n) is 3.37. The predicted octanol–water partition coefficient (Wildman–Crippen LogP) is 3.58. The smallest absolute Gasteiger partial charge is 0.306 e. The Morgan fingerprint density at radius 1 is 1.26 bits per heavy atom. The number of hydrogen-bond donors (Lipinski definition) is 0. The first kappa shape index (κ1) is 21.5. The molecule has 0 N–H and O–H groups in total. The van der Waals surface area contributed by atoms with Crippen LogP contribution in [0.4, 0.5) is 0 Å². The van der Waals surface area contributed by atoms with Gasteiger partial charge in [-0.15, -0.1) is 11.3 Å². The van der Waals surface area contributed by atoms with Crippen LogP contribution in [-0.2, 0) is 27.3 Å². The summed E-state index contributed by atoms with van der Waals surface area (Å²) < 4.78 is 7.53. The molecule has 0 radical (unpaired) electrons. The quantitative estimate of drug-likeness (QED) is 0.481. The van der Waals surface area contributed by atoms with Crippen LogP contribution in [0.25, 0.3) is 10.9 Å². The van der Waals surface area contributed by atoms with Gasteiger partial charge in [0.15, 0.2) is 6.61 Å². The third-order valence-electron chi connectivity index (χ3n) is 5.15. The molecule has 4 rings (SSSR count). The molecular formula is C22H22ClN3O4S. The summed E-state index contributed by atoms with van der Waals surface area (Å²) in [4.78, 5) is 44.4. The minimum Gasteiger partial charge on any atom is -0.456 e. The predicted molar refractivity (Wildman–Crippen MR) is 119 cm³/mol. The summed E-state index contributed by atoms with van der Waals surface area (Å²) in [7, 11) is 1.65. The van der Waals surface area contributed by atoms with Crippen molar-refractivity contribution in [1.29, 1.82) is 0 Å². The molecule has 1 fully saturated rings. The number of nitrogens with zero attached hydrogens (tertiary/aromatic N) is 3. The molecule has 3 aromatic rings. The van der Waals surface area contributed by atoms with Crippen molar-refractivity contribution >= 4 is 45.7 Å². The maximum absolute atomic E-state index is 12.9. The number of hydrogen-bond acceptors (Lipinski definition) is 6. The van der Waals surface area contributed by atoms with Crippen molar-refractivity contribution in [3.63, 3.8) is 0 Å². The molecule has 1 saturated carbocycles. The van der Waals surface area contributed by atoms with Gasteiger partial charge in [-0.05, 0) is 37.1 Å². The molecule has 1 amide bonds. The fourth-order valence-corrected chi connectivity index (χ4v) is 4.52. The highest BCUT2D eigenvalue weighted by Crippen LogP contribution is 2.35. The average Bonchev–Trinajstić information content (AvgIpc) is 3.51. The van der Waals surface area contributed by atoms with Crippen molar-refractivity contribution in [2.45, 2.75) is 38.3 Å². The number of benzene rings is 1. The Bertz CT molecular complexity index is 1180. The van der Waals surface area contributed by atoms with E-state index in [0.29, 0.717) is 27.6 Å². The average molecular weight is 460 g/mol. The number of para-hydroxylation sites is 1. The molecule has 2 aromatic heterocycles. The molecule has 31 heavy (non-hydrogen) atoms. The Morgan fingerprint density at radius 3 is 2.74 bits per heavy atom. The minimum atomic E-state index is -0.495. The van der Waals surface area contributed by atoms with Crippen molar-refractivity contribution in [3.05, 3.63) is 61.8 Å². The zero-order valence-corrected chi connectivity index (χ0v) is 18.6. The molecule has 0 saturated heterocycles. The van der Waals surface area contributed by atoms with Gasteiger partial charge >= 0.3 is 5.97 Å². The zero-order chi connectivity index (χ0) is 22.0. The third kappa shape index (κ3) is 5.14. The molecule has 0 unspecified atom stereocenters. The van der Waals surface area contributed by atoms with Crippen LogP contribution in [0.15, 0.2) is 41.2 Å². The lowest BCUT2D eigenvalue weighted by atomic mass is 10.2. The lowest BCUT2D eigenvalue weighted by Crippen LogP contribution is -2.30. The van der Waals surface area contributed by atoms with E-state index in [1.165, 1.54) is 16.2 Å². The number of halogens is 1. The number of ether oxygens (including phenoxy) is 1. The summed E-state index contributed by atoms with van der Waals surface area (Å²) in [5.41, 5.74) is 0.556. The largest absolute Gasteiger partial charge is 0.456 e. The molecule has 0 aliphatic heterocycles. The first-order valence-electron chi connectivity index (χ1n) is 10.1. The first-order valence-corrected chi connectivity index (χ1v) is 11.3. The van der Waals surface area contributed by atoms with Crippen molar-refractivity contribution in [1.82, 2.24) is 14.5 Å². The maximum Gasteiger partial charge on any atom is 0.306 e. The molecule has 162 valence electrons. The summed E-state index contributed by atoms with van der Waals surface area (Å²) in [6.45, 7) is 0.0808. The SMILES string of the molecule is CN(Cc1ccc(Cl)s1)C(=O)COC(=O)CCc1nc2ccccc2c(=O)n1C1CC1. The van der Waals surface area contributed by atoms with Crippen molar-refractivity contribution < 1.29 is 14.3 Å². The van der Waals surface area contributed by atoms with Crippen LogP contribution in [-0.4, -0.2) is 40.0 Å². The molecule has 1 aliphatic rings. The van der Waals surface area contributed by atoms with Crippen molar-refractivity contribution in [3.8, 4) is 0 Å². The highest BCUT2D eigenvalue weighted by atomic mass is 35.5. The highest BCUT2D eigenvalue weighted by Gasteiger charge is 2.28. The topological polar surface area (TPSA) is 81.5 Å². The highest BCUT2D eigenvalue weighted by molar-refractivity contribution is 7.16. The van der Waals surface area contributed by atoms with Gasteiger partial charge in [-0.25, -0.2) is 4.98 Å². The third-order valence-corrected chi connectivity index (χ3v) is 6.37. The first-order chi connectivity index (χ1) is 14.9. The van der Waals surface area contributed by atoms with Crippen LogP contribution in [0.5, 0.6) is 0 Å². The summed E-state index contributed by atoms with van der Waals surface area (Å²) in [5.74, 6) is -0.205. The Morgan fingerprint density at radius 2 is 2.03 bits per heavy atom. The van der Waals surface area contributed by atoms with Crippen LogP contribution >= 0.6 is 22.9 Å². The Hall–Kier alpha value is -2.71. The summed E-state index contributed by atoms with van der Waals surface area (Å²) in [6.07, 6.45) is 2.21. The van der Waals surface area contributed by atoms with E-state index in [9.17, 15) is 14.4 Å². The van der Waals surface area contributed by atoms with Gasteiger partial charge in [0.2, 0.25) is 0 Å². The van der Waals surface area contributed by atoms with E-state index in [1.54, 1.807) is 29.8 Å². The van der Waals surface area contributed by atoms with Gasteiger partial charge in [0, 0.05) is 24.4 Å². The Kier molecular flexibility index (Phi) is 6.38. The van der Waals surface area contributed by atoms with Gasteiger partial charge < -0.3 is 9.64 Å². The number of carbonyl (C=O) groups excluding carboxylic acids is 2. The number of carbonyl (C=O) groups is 2. The molecular weight excluding hydrogens is 438 g/mol. The molecule has 0 bridgehead atoms. The summed E-state index contributed by atoms with van der Waals surface area (Å²) >= 11 is 7.31. The molecule has 1 aliphatic carbocycles. The lowest BCUT2D eigenvalue weighted by Gasteiger charge is -2.16. The monoisotopic (exact) mass is 459 g/mol. The molecule has 1 aromatic carbocycles. The standard InChI is InChI=1S/C22H22ClN3O4S/c1-25(12-15-8-9-18(23)31-15)20(27)13-30-21(28)11-10-19-24-17-5-3-2-4-16(17)22(29)26(19)14-6-7-14/h2-5,8-9,14H,6-7,10-13H2,1H3. The second-order valence-corrected chi connectivity index (χ2v) is 9.37. The van der Waals surface area contributed by atoms with Crippen LogP contribution in [0.3, 0.4) is 0 Å². The van der Waals surface area contributed by atoms with Crippen LogP contribution in [0, 0.1) is 0 Å². The second-order valence-electron chi connectivity index (χ2n) is 7.57. The number of thiophene rings is 1. The number of rotatable bonds is 8. The second kappa shape index (κ2) is 9.20. The van der Waals surface area contributed by atoms with Crippen LogP contribution < -0.4 is 5.56 Å². The van der Waals surface area contributed by atoms with Gasteiger partial charge in [-0.1, -0.05) is 23.7 Å². The van der Waals surface area contributed by atoms with E-state index in [-0.39, 0.29) is 37.0 Å². The van der Waals surface area contributed by atoms with E-state index >= 15 is 0 Å². The fraction of sp³-hybridized carbons (Fsp3) is 0.364. The van der Waals surface area contributed by atoms with Gasteiger partial charge in [-0.2, -0.15) is 0 Å². The number of likely N-dealkylation sites (N-methyl/N-ethyl adjacent to an activating group) is 1. The van der Waals surface area contributed by atoms with Gasteiger partial charge in [0.05, 0.1) is 28.2 Å². The van der Waals surface area contributed by atoms with Crippen LogP contribution in [0.1, 0.15) is 36.0 Å². The lowest BCUT2D eigenvalue weighted by molar-refractivity contribution is -0.151. The van der Waals surface area contributed by atoms with E-state index in [0.717, 1.165) is 17.7 Å². The number of aromatic nitrogens is 2. The van der Waals surface area contributed by atoms with Gasteiger partial charge in [0.1, 0.15) is 5.82 Å². The number of esters is 1. The zero-order valence-electron chi connectivity index (χ0n) is 17.0. The Balaban J connectivity index is 1.34. The molecule has 9 heteroatoms. The molecule has 0 atom stereocenters. The van der Waals surface area contributed by atoms with E-state index < -0.39 is 5.97 Å². The molecule has 2 heterocycles. The van der Waals surface area contributed by atoms with Crippen molar-refractivity contribution in [2.75, 3.05) is 13.7 Å². The van der Waals surface area contributed by atoms with E-state index in [2.05, 4.69) is 4.98 Å². The summed E-state index contributed by atoms with van der Waals surface area (Å²) in [6, 6.07) is 11.0. The number of fused-ring (bicyclic) bond motifs is 1.